The van der Waals surface area contributed by atoms with Crippen LogP contribution < -0.4 is 4.90 Å². The van der Waals surface area contributed by atoms with Crippen molar-refractivity contribution in [1.82, 2.24) is 30.0 Å². The van der Waals surface area contributed by atoms with E-state index in [1.807, 2.05) is 57.5 Å². The molecular formula is C55H71N8O5S2+. The zero-order chi connectivity index (χ0) is 50.9. The maximum Gasteiger partial charge on any atom is 0.239 e. The number of allylic oxidation sites excluding steroid dienone is 3. The van der Waals surface area contributed by atoms with Crippen molar-refractivity contribution in [2.24, 2.45) is 0 Å². The van der Waals surface area contributed by atoms with Crippen molar-refractivity contribution in [3.05, 3.63) is 139 Å². The number of ether oxygens (including phenoxy) is 2. The molecule has 1 aliphatic carbocycles. The highest BCUT2D eigenvalue weighted by molar-refractivity contribution is 8.18. The number of hydrogen-bond donors (Lipinski definition) is 1. The molecule has 0 spiro atoms. The summed E-state index contributed by atoms with van der Waals surface area (Å²) in [4.78, 5) is 29.9. The van der Waals surface area contributed by atoms with Gasteiger partial charge in [0.1, 0.15) is 30.8 Å². The number of likely N-dealkylation sites (N-methyl/N-ethyl adjacent to an activating group) is 2. The SMILES string of the molecule is CN(CCOCc1cn(Cc2cc(C(C)(C)C)cc(C(C)(C)C)c2)nn1)c1ccc(C2=C(O)/C(=C3/C=CC(=[N+](C)CCOCc4cn(Cc5cc(C(C)(C)C)cc(C(C)(C)C)c5)nn4)S3)C(=O)C2=O)s1. The number of anilines is 1. The normalized spacial score (nSPS) is 16.7. The van der Waals surface area contributed by atoms with Gasteiger partial charge in [-0.25, -0.2) is 13.9 Å². The molecule has 70 heavy (non-hydrogen) atoms. The first kappa shape index (κ1) is 52.3. The lowest BCUT2D eigenvalue weighted by Crippen LogP contribution is -2.21. The third-order valence-corrected chi connectivity index (χ3v) is 14.9. The average Bonchev–Trinajstić information content (AvgIpc) is 4.13. The summed E-state index contributed by atoms with van der Waals surface area (Å²) < 4.78 is 17.7. The lowest BCUT2D eigenvalue weighted by atomic mass is 9.79. The first-order valence-corrected chi connectivity index (χ1v) is 25.6. The second-order valence-corrected chi connectivity index (χ2v) is 24.8. The Morgan fingerprint density at radius 2 is 1.13 bits per heavy atom. The summed E-state index contributed by atoms with van der Waals surface area (Å²) in [6.07, 6.45) is 7.53. The lowest BCUT2D eigenvalue weighted by Gasteiger charge is -2.26. The maximum absolute atomic E-state index is 13.4. The van der Waals surface area contributed by atoms with Crippen molar-refractivity contribution < 1.29 is 28.7 Å². The molecule has 372 valence electrons. The van der Waals surface area contributed by atoms with Crippen molar-refractivity contribution in [2.75, 3.05) is 45.3 Å². The van der Waals surface area contributed by atoms with Gasteiger partial charge in [-0.05, 0) is 85.0 Å². The van der Waals surface area contributed by atoms with Gasteiger partial charge in [0.2, 0.25) is 16.6 Å². The fraction of sp³-hybridized carbons (Fsp3) is 0.473. The molecule has 0 atom stereocenters. The minimum Gasteiger partial charge on any atom is -0.506 e. The smallest absolute Gasteiger partial charge is 0.239 e. The van der Waals surface area contributed by atoms with Gasteiger partial charge in [0, 0.05) is 29.5 Å². The molecule has 2 aromatic carbocycles. The molecule has 0 bridgehead atoms. The molecule has 0 saturated heterocycles. The average molecular weight is 988 g/mol. The molecule has 0 radical (unpaired) electrons. The van der Waals surface area contributed by atoms with Crippen LogP contribution in [-0.4, -0.2) is 96.7 Å². The summed E-state index contributed by atoms with van der Waals surface area (Å²) in [6, 6.07) is 17.4. The van der Waals surface area contributed by atoms with E-state index in [9.17, 15) is 14.7 Å². The Hall–Kier alpha value is -5.48. The first-order valence-electron chi connectivity index (χ1n) is 24.0. The Morgan fingerprint density at radius 3 is 1.61 bits per heavy atom. The number of ketones is 2. The van der Waals surface area contributed by atoms with Crippen LogP contribution in [0.3, 0.4) is 0 Å². The lowest BCUT2D eigenvalue weighted by molar-refractivity contribution is -0.497. The van der Waals surface area contributed by atoms with E-state index in [1.165, 1.54) is 56.5 Å². The van der Waals surface area contributed by atoms with Crippen LogP contribution in [0.1, 0.15) is 133 Å². The molecule has 0 unspecified atom stereocenters. The van der Waals surface area contributed by atoms with Crippen LogP contribution in [0, 0.1) is 0 Å². The van der Waals surface area contributed by atoms with Gasteiger partial charge in [0.25, 0.3) is 0 Å². The number of rotatable bonds is 16. The minimum atomic E-state index is -0.710. The maximum atomic E-state index is 13.4. The number of carbonyl (C=O) groups excluding carboxylic acids is 2. The summed E-state index contributed by atoms with van der Waals surface area (Å²) >= 11 is 2.69. The van der Waals surface area contributed by atoms with E-state index < -0.39 is 11.6 Å². The fourth-order valence-corrected chi connectivity index (χ4v) is 10.0. The molecule has 0 saturated carbocycles. The van der Waals surface area contributed by atoms with Gasteiger partial charge in [-0.2, -0.15) is 0 Å². The Bertz CT molecular complexity index is 2820. The van der Waals surface area contributed by atoms with Gasteiger partial charge in [0.15, 0.2) is 6.54 Å². The number of aliphatic hydroxyl groups is 1. The zero-order valence-corrected chi connectivity index (χ0v) is 45.2. The molecule has 1 N–H and O–H groups in total. The van der Waals surface area contributed by atoms with E-state index in [0.717, 1.165) is 21.4 Å². The van der Waals surface area contributed by atoms with Crippen LogP contribution in [0.2, 0.25) is 0 Å². The number of aromatic nitrogens is 6. The van der Waals surface area contributed by atoms with Gasteiger partial charge in [-0.3, -0.25) is 9.59 Å². The fourth-order valence-electron chi connectivity index (χ4n) is 7.97. The summed E-state index contributed by atoms with van der Waals surface area (Å²) in [5, 5.41) is 30.6. The van der Waals surface area contributed by atoms with Gasteiger partial charge >= 0.3 is 0 Å². The van der Waals surface area contributed by atoms with Crippen LogP contribution in [0.25, 0.3) is 5.57 Å². The molecule has 0 fully saturated rings. The Balaban J connectivity index is 0.892. The topological polar surface area (TPSA) is 140 Å². The van der Waals surface area contributed by atoms with Crippen molar-refractivity contribution in [3.63, 3.8) is 0 Å². The number of Topliss-reactive ketones (excluding diaryl/α,β-unsaturated/α-hetero) is 2. The summed E-state index contributed by atoms with van der Waals surface area (Å²) in [6.45, 7) is 30.7. The number of aliphatic hydroxyl groups excluding tert-OH is 1. The second kappa shape index (κ2) is 20.7. The predicted octanol–water partition coefficient (Wildman–Crippen LogP) is 10.1. The van der Waals surface area contributed by atoms with Crippen molar-refractivity contribution in [2.45, 2.75) is 131 Å². The van der Waals surface area contributed by atoms with Crippen molar-refractivity contribution in [3.8, 4) is 0 Å². The molecule has 4 heterocycles. The van der Waals surface area contributed by atoms with Crippen LogP contribution in [0.4, 0.5) is 5.00 Å². The molecule has 7 rings (SSSR count). The van der Waals surface area contributed by atoms with Gasteiger partial charge in [0.05, 0.1) is 61.5 Å². The molecule has 13 nitrogen and oxygen atoms in total. The number of hydrogen-bond acceptors (Lipinski definition) is 12. The number of thioether (sulfide) groups is 1. The van der Waals surface area contributed by atoms with Gasteiger partial charge in [-0.15, -0.1) is 21.5 Å². The molecule has 2 aliphatic rings. The summed E-state index contributed by atoms with van der Waals surface area (Å²) in [7, 11) is 3.88. The molecule has 1 aliphatic heterocycles. The van der Waals surface area contributed by atoms with Gasteiger partial charge < -0.3 is 19.5 Å². The summed E-state index contributed by atoms with van der Waals surface area (Å²) in [5.41, 5.74) is 9.26. The van der Waals surface area contributed by atoms with E-state index in [1.54, 1.807) is 12.1 Å². The number of nitrogens with zero attached hydrogens (tertiary/aromatic N) is 8. The van der Waals surface area contributed by atoms with E-state index >= 15 is 0 Å². The molecule has 5 aromatic rings. The number of carbonyl (C=O) groups is 2. The standard InChI is InChI=1S/C55H70N8O5S2/c1-52(2,3)37-23-35(24-38(27-37)53(4,5)6)29-62-31-41(56-58-62)33-67-21-19-60(13)45-17-15-43(69-45)47-49(64)48(51(66)50(47)65)44-16-18-46(70-44)61(14)20-22-68-34-42-32-63(59-57-42)30-36-25-39(54(7,8)9)28-40(26-36)55(10,11)12/h15-18,23-28,31-32H,19-22,29-30,33-34H2,1-14H3/p+1. The minimum absolute atomic E-state index is 0.0295. The van der Waals surface area contributed by atoms with Crippen LogP contribution in [-0.2, 0) is 67.0 Å². The Kier molecular flexibility index (Phi) is 15.5. The van der Waals surface area contributed by atoms with Crippen LogP contribution >= 0.6 is 23.1 Å². The highest BCUT2D eigenvalue weighted by Gasteiger charge is 2.41. The quantitative estimate of drug-likeness (QED) is 0.0437. The molecular weight excluding hydrogens is 917 g/mol. The Morgan fingerprint density at radius 1 is 0.657 bits per heavy atom. The molecule has 3 aromatic heterocycles. The van der Waals surface area contributed by atoms with E-state index in [4.69, 9.17) is 9.47 Å². The number of benzene rings is 2. The van der Waals surface area contributed by atoms with E-state index in [2.05, 4.69) is 140 Å². The highest BCUT2D eigenvalue weighted by atomic mass is 32.2. The largest absolute Gasteiger partial charge is 0.506 e. The van der Waals surface area contributed by atoms with Crippen molar-refractivity contribution in [1.29, 1.82) is 0 Å². The predicted molar refractivity (Wildman–Crippen MR) is 282 cm³/mol. The molecule has 15 heteroatoms. The first-order chi connectivity index (χ1) is 32.7. The van der Waals surface area contributed by atoms with Crippen LogP contribution in [0.5, 0.6) is 0 Å². The Labute approximate surface area is 422 Å². The van der Waals surface area contributed by atoms with Crippen LogP contribution in [0.15, 0.2) is 89.3 Å². The van der Waals surface area contributed by atoms with Crippen molar-refractivity contribution >= 4 is 50.3 Å². The summed E-state index contributed by atoms with van der Waals surface area (Å²) in [5.74, 6) is -1.71. The van der Waals surface area contributed by atoms with E-state index in [-0.39, 0.29) is 38.6 Å². The van der Waals surface area contributed by atoms with Gasteiger partial charge in [-0.1, -0.05) is 130 Å². The third kappa shape index (κ3) is 12.7. The molecule has 0 amide bonds. The number of thiophene rings is 1. The monoisotopic (exact) mass is 987 g/mol. The zero-order valence-electron chi connectivity index (χ0n) is 43.6. The third-order valence-electron chi connectivity index (χ3n) is 12.5. The highest BCUT2D eigenvalue weighted by Crippen LogP contribution is 2.42. The van der Waals surface area contributed by atoms with E-state index in [0.29, 0.717) is 62.4 Å². The second-order valence-electron chi connectivity index (χ2n) is 22.6.